The maximum atomic E-state index is 12.5. The van der Waals surface area contributed by atoms with Crippen LogP contribution in [0, 0.1) is 0 Å². The molecule has 3 aromatic rings. The average Bonchev–Trinajstić information content (AvgIpc) is 3.29. The Morgan fingerprint density at radius 1 is 1.24 bits per heavy atom. The van der Waals surface area contributed by atoms with E-state index in [0.29, 0.717) is 12.4 Å². The van der Waals surface area contributed by atoms with Crippen LogP contribution in [0.4, 0.5) is 0 Å². The van der Waals surface area contributed by atoms with Crippen molar-refractivity contribution in [2.75, 3.05) is 13.2 Å². The monoisotopic (exact) mass is 336 g/mol. The molecule has 128 valence electrons. The molecule has 0 unspecified atom stereocenters. The molecular weight excluding hydrogens is 316 g/mol. The zero-order valence-corrected chi connectivity index (χ0v) is 13.9. The molecule has 3 heterocycles. The van der Waals surface area contributed by atoms with E-state index in [9.17, 15) is 4.79 Å². The van der Waals surface area contributed by atoms with E-state index >= 15 is 0 Å². The molecular formula is C19H20N4O2. The molecule has 1 aliphatic rings. The van der Waals surface area contributed by atoms with Gasteiger partial charge in [0.25, 0.3) is 0 Å². The van der Waals surface area contributed by atoms with Crippen LogP contribution in [0.2, 0.25) is 0 Å². The standard InChI is InChI=1S/C19H20N4O2/c24-18(21-12-14-6-5-11-25-14)13-23-17-9-2-1-7-15(17)22-19(23)16-8-3-4-10-20-16/h1-4,7-10,14H,5-6,11-13H2,(H,21,24)/t14-/m1/s1. The number of nitrogens with zero attached hydrogens (tertiary/aromatic N) is 3. The minimum Gasteiger partial charge on any atom is -0.376 e. The fraction of sp³-hybridized carbons (Fsp3) is 0.316. The highest BCUT2D eigenvalue weighted by atomic mass is 16.5. The Morgan fingerprint density at radius 3 is 2.92 bits per heavy atom. The molecule has 1 aliphatic heterocycles. The third-order valence-corrected chi connectivity index (χ3v) is 4.40. The van der Waals surface area contributed by atoms with E-state index in [2.05, 4.69) is 15.3 Å². The van der Waals surface area contributed by atoms with Crippen molar-refractivity contribution >= 4 is 16.9 Å². The van der Waals surface area contributed by atoms with Crippen molar-refractivity contribution < 1.29 is 9.53 Å². The van der Waals surface area contributed by atoms with Crippen molar-refractivity contribution in [2.24, 2.45) is 0 Å². The predicted octanol–water partition coefficient (Wildman–Crippen LogP) is 2.39. The van der Waals surface area contributed by atoms with Crippen molar-refractivity contribution in [1.82, 2.24) is 19.9 Å². The molecule has 6 heteroatoms. The number of imidazole rings is 1. The van der Waals surface area contributed by atoms with Crippen LogP contribution in [-0.4, -0.2) is 39.7 Å². The summed E-state index contributed by atoms with van der Waals surface area (Å²) >= 11 is 0. The fourth-order valence-corrected chi connectivity index (χ4v) is 3.16. The average molecular weight is 336 g/mol. The van der Waals surface area contributed by atoms with Crippen molar-refractivity contribution in [1.29, 1.82) is 0 Å². The van der Waals surface area contributed by atoms with E-state index < -0.39 is 0 Å². The van der Waals surface area contributed by atoms with Crippen LogP contribution in [0.3, 0.4) is 0 Å². The molecule has 4 rings (SSSR count). The van der Waals surface area contributed by atoms with Gasteiger partial charge in [-0.3, -0.25) is 9.78 Å². The molecule has 1 aromatic carbocycles. The van der Waals surface area contributed by atoms with Crippen molar-refractivity contribution in [2.45, 2.75) is 25.5 Å². The molecule has 6 nitrogen and oxygen atoms in total. The molecule has 0 bridgehead atoms. The number of amides is 1. The smallest absolute Gasteiger partial charge is 0.240 e. The first kappa shape index (κ1) is 15.8. The second-order valence-electron chi connectivity index (χ2n) is 6.16. The van der Waals surface area contributed by atoms with E-state index in [-0.39, 0.29) is 18.6 Å². The second-order valence-corrected chi connectivity index (χ2v) is 6.16. The van der Waals surface area contributed by atoms with Crippen LogP contribution in [0.25, 0.3) is 22.6 Å². The Balaban J connectivity index is 1.60. The summed E-state index contributed by atoms with van der Waals surface area (Å²) in [4.78, 5) is 21.5. The zero-order chi connectivity index (χ0) is 17.1. The van der Waals surface area contributed by atoms with Gasteiger partial charge in [0, 0.05) is 19.3 Å². The van der Waals surface area contributed by atoms with Gasteiger partial charge in [0.15, 0.2) is 5.82 Å². The van der Waals surface area contributed by atoms with Crippen LogP contribution >= 0.6 is 0 Å². The zero-order valence-electron chi connectivity index (χ0n) is 13.9. The number of para-hydroxylation sites is 2. The number of fused-ring (bicyclic) bond motifs is 1. The molecule has 2 aromatic heterocycles. The minimum absolute atomic E-state index is 0.0455. The van der Waals surface area contributed by atoms with Gasteiger partial charge >= 0.3 is 0 Å². The van der Waals surface area contributed by atoms with Crippen LogP contribution in [-0.2, 0) is 16.1 Å². The number of hydrogen-bond donors (Lipinski definition) is 1. The number of ether oxygens (including phenoxy) is 1. The number of carbonyl (C=O) groups excluding carboxylic acids is 1. The number of nitrogens with one attached hydrogen (secondary N) is 1. The minimum atomic E-state index is -0.0455. The summed E-state index contributed by atoms with van der Waals surface area (Å²) in [5.41, 5.74) is 2.54. The lowest BCUT2D eigenvalue weighted by Gasteiger charge is -2.12. The molecule has 0 radical (unpaired) electrons. The Kier molecular flexibility index (Phi) is 4.43. The van der Waals surface area contributed by atoms with E-state index in [1.807, 2.05) is 47.0 Å². The molecule has 0 saturated carbocycles. The summed E-state index contributed by atoms with van der Waals surface area (Å²) in [6.45, 7) is 1.56. The molecule has 1 saturated heterocycles. The Bertz CT molecular complexity index is 870. The van der Waals surface area contributed by atoms with Gasteiger partial charge in [-0.1, -0.05) is 18.2 Å². The van der Waals surface area contributed by atoms with Crippen molar-refractivity contribution in [3.63, 3.8) is 0 Å². The summed E-state index contributed by atoms with van der Waals surface area (Å²) in [6.07, 6.45) is 3.94. The lowest BCUT2D eigenvalue weighted by atomic mass is 10.2. The maximum Gasteiger partial charge on any atom is 0.240 e. The van der Waals surface area contributed by atoms with Crippen molar-refractivity contribution in [3.8, 4) is 11.5 Å². The summed E-state index contributed by atoms with van der Waals surface area (Å²) in [7, 11) is 0. The molecule has 0 aliphatic carbocycles. The Morgan fingerprint density at radius 2 is 2.12 bits per heavy atom. The largest absolute Gasteiger partial charge is 0.376 e. The summed E-state index contributed by atoms with van der Waals surface area (Å²) < 4.78 is 7.48. The highest BCUT2D eigenvalue weighted by Crippen LogP contribution is 2.23. The van der Waals surface area contributed by atoms with Gasteiger partial charge < -0.3 is 14.6 Å². The predicted molar refractivity (Wildman–Crippen MR) is 94.9 cm³/mol. The number of carbonyl (C=O) groups is 1. The molecule has 0 spiro atoms. The number of aromatic nitrogens is 3. The van der Waals surface area contributed by atoms with Gasteiger partial charge in [-0.25, -0.2) is 4.98 Å². The SMILES string of the molecule is O=C(Cn1c(-c2ccccn2)nc2ccccc21)NC[C@H]1CCCO1. The van der Waals surface area contributed by atoms with Gasteiger partial charge in [0.1, 0.15) is 12.2 Å². The van der Waals surface area contributed by atoms with Crippen molar-refractivity contribution in [3.05, 3.63) is 48.7 Å². The summed E-state index contributed by atoms with van der Waals surface area (Å²) in [6, 6.07) is 13.5. The van der Waals surface area contributed by atoms with E-state index in [1.165, 1.54) is 0 Å². The first-order valence-electron chi connectivity index (χ1n) is 8.56. The van der Waals surface area contributed by atoms with Crippen LogP contribution in [0.5, 0.6) is 0 Å². The Hall–Kier alpha value is -2.73. The van der Waals surface area contributed by atoms with Crippen LogP contribution in [0.15, 0.2) is 48.7 Å². The first-order chi connectivity index (χ1) is 12.3. The quantitative estimate of drug-likeness (QED) is 0.777. The van der Waals surface area contributed by atoms with Gasteiger partial charge in [-0.2, -0.15) is 0 Å². The number of benzene rings is 1. The van der Waals surface area contributed by atoms with Crippen LogP contribution in [0.1, 0.15) is 12.8 Å². The maximum absolute atomic E-state index is 12.5. The van der Waals surface area contributed by atoms with Gasteiger partial charge in [0.2, 0.25) is 5.91 Å². The Labute approximate surface area is 145 Å². The van der Waals surface area contributed by atoms with E-state index in [4.69, 9.17) is 4.74 Å². The molecule has 25 heavy (non-hydrogen) atoms. The number of pyridine rings is 1. The first-order valence-corrected chi connectivity index (χ1v) is 8.56. The van der Waals surface area contributed by atoms with Gasteiger partial charge in [0.05, 0.1) is 17.1 Å². The summed E-state index contributed by atoms with van der Waals surface area (Å²) in [5.74, 6) is 0.657. The number of rotatable bonds is 5. The lowest BCUT2D eigenvalue weighted by Crippen LogP contribution is -2.34. The topological polar surface area (TPSA) is 69.0 Å². The molecule has 1 N–H and O–H groups in total. The lowest BCUT2D eigenvalue weighted by molar-refractivity contribution is -0.122. The fourth-order valence-electron chi connectivity index (χ4n) is 3.16. The second kappa shape index (κ2) is 7.03. The molecule has 1 atom stereocenters. The van der Waals surface area contributed by atoms with Gasteiger partial charge in [-0.05, 0) is 37.1 Å². The third-order valence-electron chi connectivity index (χ3n) is 4.40. The highest BCUT2D eigenvalue weighted by molar-refractivity contribution is 5.84. The molecule has 1 fully saturated rings. The van der Waals surface area contributed by atoms with E-state index in [1.54, 1.807) is 6.20 Å². The summed E-state index contributed by atoms with van der Waals surface area (Å²) in [5, 5.41) is 2.97. The van der Waals surface area contributed by atoms with Gasteiger partial charge in [-0.15, -0.1) is 0 Å². The number of hydrogen-bond acceptors (Lipinski definition) is 4. The third kappa shape index (κ3) is 3.39. The normalized spacial score (nSPS) is 17.0. The van der Waals surface area contributed by atoms with Crippen LogP contribution < -0.4 is 5.32 Å². The highest BCUT2D eigenvalue weighted by Gasteiger charge is 2.18. The van der Waals surface area contributed by atoms with E-state index in [0.717, 1.165) is 36.2 Å². The molecule has 1 amide bonds.